The predicted molar refractivity (Wildman–Crippen MR) is 117 cm³/mol. The van der Waals surface area contributed by atoms with E-state index in [4.69, 9.17) is 20.4 Å². The largest absolute Gasteiger partial charge is 0.459 e. The molecule has 0 spiro atoms. The molecule has 8 nitrogen and oxygen atoms in total. The summed E-state index contributed by atoms with van der Waals surface area (Å²) in [5.74, 6) is 0.489. The number of carbonyl (C=O) groups excluding carboxylic acids is 1. The molecule has 1 saturated heterocycles. The van der Waals surface area contributed by atoms with Gasteiger partial charge >= 0.3 is 6.18 Å². The lowest BCUT2D eigenvalue weighted by Crippen LogP contribution is -2.52. The number of amides is 1. The average molecular weight is 494 g/mol. The third-order valence-corrected chi connectivity index (χ3v) is 5.84. The fraction of sp³-hybridized carbons (Fsp3) is 0.318. The Bertz CT molecular complexity index is 1210. The first-order chi connectivity index (χ1) is 16.2. The third kappa shape index (κ3) is 4.88. The summed E-state index contributed by atoms with van der Waals surface area (Å²) in [6.45, 7) is 3.52. The Hall–Kier alpha value is -3.49. The fourth-order valence-corrected chi connectivity index (χ4v) is 3.87. The number of nitrogens with zero attached hydrogens (tertiary/aromatic N) is 4. The topological polar surface area (TPSA) is 98.5 Å². The van der Waals surface area contributed by atoms with Crippen LogP contribution in [0.1, 0.15) is 18.2 Å². The summed E-state index contributed by atoms with van der Waals surface area (Å²) in [5, 5.41) is 11.5. The number of halogens is 4. The Balaban J connectivity index is 1.39. The van der Waals surface area contributed by atoms with Gasteiger partial charge in [-0.25, -0.2) is 0 Å². The fourth-order valence-electron chi connectivity index (χ4n) is 3.65. The van der Waals surface area contributed by atoms with Gasteiger partial charge in [0.05, 0.1) is 22.9 Å². The molecule has 2 aromatic heterocycles. The summed E-state index contributed by atoms with van der Waals surface area (Å²) in [5.41, 5.74) is -0.866. The molecule has 34 heavy (non-hydrogen) atoms. The molecule has 1 unspecified atom stereocenters. The number of oxazole rings is 1. The third-order valence-electron chi connectivity index (χ3n) is 5.52. The Morgan fingerprint density at radius 2 is 2.00 bits per heavy atom. The van der Waals surface area contributed by atoms with Gasteiger partial charge in [-0.2, -0.15) is 23.4 Å². The lowest BCUT2D eigenvalue weighted by Gasteiger charge is -2.37. The quantitative estimate of drug-likeness (QED) is 0.553. The number of anilines is 2. The van der Waals surface area contributed by atoms with Crippen molar-refractivity contribution in [3.63, 3.8) is 0 Å². The number of alkyl halides is 3. The van der Waals surface area contributed by atoms with Gasteiger partial charge in [-0.05, 0) is 37.3 Å². The van der Waals surface area contributed by atoms with Crippen molar-refractivity contribution in [2.45, 2.75) is 19.1 Å². The maximum absolute atomic E-state index is 13.1. The number of piperazine rings is 1. The number of hydrogen-bond donors (Lipinski definition) is 1. The molecule has 1 fully saturated rings. The van der Waals surface area contributed by atoms with E-state index in [2.05, 4.69) is 10.3 Å². The highest BCUT2D eigenvalue weighted by Crippen LogP contribution is 2.36. The van der Waals surface area contributed by atoms with Crippen LogP contribution < -0.4 is 10.2 Å². The first-order valence-electron chi connectivity index (χ1n) is 10.3. The number of hydrogen-bond acceptors (Lipinski definition) is 7. The monoisotopic (exact) mass is 493 g/mol. The smallest absolute Gasteiger partial charge is 0.417 e. The number of furan rings is 1. The molecule has 0 saturated carbocycles. The van der Waals surface area contributed by atoms with Gasteiger partial charge in [0, 0.05) is 31.9 Å². The van der Waals surface area contributed by atoms with Crippen molar-refractivity contribution in [3.8, 4) is 17.7 Å². The highest BCUT2D eigenvalue weighted by molar-refractivity contribution is 6.31. The number of carbonyl (C=O) groups is 1. The van der Waals surface area contributed by atoms with E-state index >= 15 is 0 Å². The van der Waals surface area contributed by atoms with Gasteiger partial charge in [0.15, 0.2) is 5.76 Å². The average Bonchev–Trinajstić information content (AvgIpc) is 3.49. The van der Waals surface area contributed by atoms with Gasteiger partial charge in [0.1, 0.15) is 6.07 Å². The van der Waals surface area contributed by atoms with Crippen LogP contribution in [0.5, 0.6) is 0 Å². The van der Waals surface area contributed by atoms with E-state index in [0.29, 0.717) is 37.8 Å². The first kappa shape index (κ1) is 23.7. The SMILES string of the molecule is CC(C(=O)Nc1ccc(Cl)c(C(F)(F)F)c1)N1CCN(c2oc(-c3ccco3)nc2C#N)CC1. The normalized spacial score (nSPS) is 15.7. The van der Waals surface area contributed by atoms with Gasteiger partial charge < -0.3 is 19.1 Å². The number of aromatic nitrogens is 1. The van der Waals surface area contributed by atoms with E-state index in [1.165, 1.54) is 12.3 Å². The highest BCUT2D eigenvalue weighted by atomic mass is 35.5. The lowest BCUT2D eigenvalue weighted by atomic mass is 10.1. The van der Waals surface area contributed by atoms with Crippen LogP contribution in [0, 0.1) is 11.3 Å². The summed E-state index contributed by atoms with van der Waals surface area (Å²) in [6, 6.07) is 8.02. The summed E-state index contributed by atoms with van der Waals surface area (Å²) in [4.78, 5) is 20.6. The molecule has 3 heterocycles. The van der Waals surface area contributed by atoms with Gasteiger partial charge in [-0.1, -0.05) is 11.6 Å². The molecule has 0 bridgehead atoms. The zero-order valence-corrected chi connectivity index (χ0v) is 18.7. The van der Waals surface area contributed by atoms with Crippen LogP contribution in [0.3, 0.4) is 0 Å². The van der Waals surface area contributed by atoms with Crippen molar-refractivity contribution in [1.29, 1.82) is 5.26 Å². The second-order valence-electron chi connectivity index (χ2n) is 7.64. The Morgan fingerprint density at radius 3 is 2.62 bits per heavy atom. The minimum Gasteiger partial charge on any atom is -0.459 e. The van der Waals surface area contributed by atoms with Crippen molar-refractivity contribution in [3.05, 3.63) is 52.9 Å². The Labute approximate surface area is 197 Å². The zero-order chi connectivity index (χ0) is 24.5. The molecule has 0 aliphatic carbocycles. The zero-order valence-electron chi connectivity index (χ0n) is 17.9. The number of benzene rings is 1. The second kappa shape index (κ2) is 9.40. The van der Waals surface area contributed by atoms with Crippen LogP contribution in [-0.2, 0) is 11.0 Å². The van der Waals surface area contributed by atoms with Gasteiger partial charge in [0.25, 0.3) is 5.89 Å². The minimum absolute atomic E-state index is 0.0120. The van der Waals surface area contributed by atoms with Crippen molar-refractivity contribution in [2.75, 3.05) is 36.4 Å². The molecular formula is C22H19ClF3N5O3. The molecule has 1 atom stereocenters. The summed E-state index contributed by atoms with van der Waals surface area (Å²) >= 11 is 5.63. The molecular weight excluding hydrogens is 475 g/mol. The van der Waals surface area contributed by atoms with Crippen LogP contribution in [-0.4, -0.2) is 48.0 Å². The number of rotatable bonds is 5. The molecule has 12 heteroatoms. The molecule has 178 valence electrons. The predicted octanol–water partition coefficient (Wildman–Crippen LogP) is 4.63. The van der Waals surface area contributed by atoms with E-state index in [1.807, 2.05) is 15.9 Å². The van der Waals surface area contributed by atoms with E-state index in [-0.39, 0.29) is 17.3 Å². The summed E-state index contributed by atoms with van der Waals surface area (Å²) in [7, 11) is 0. The van der Waals surface area contributed by atoms with Gasteiger partial charge in [0.2, 0.25) is 17.5 Å². The molecule has 4 rings (SSSR count). The molecule has 1 aliphatic heterocycles. The van der Waals surface area contributed by atoms with Gasteiger partial charge in [-0.3, -0.25) is 9.69 Å². The van der Waals surface area contributed by atoms with Crippen LogP contribution >= 0.6 is 11.6 Å². The molecule has 1 aromatic carbocycles. The lowest BCUT2D eigenvalue weighted by molar-refractivity contribution is -0.137. The molecule has 0 radical (unpaired) electrons. The molecule has 1 aliphatic rings. The Morgan fingerprint density at radius 1 is 1.26 bits per heavy atom. The van der Waals surface area contributed by atoms with Crippen molar-refractivity contribution < 1.29 is 26.8 Å². The van der Waals surface area contributed by atoms with Crippen molar-refractivity contribution >= 4 is 29.1 Å². The highest BCUT2D eigenvalue weighted by Gasteiger charge is 2.34. The van der Waals surface area contributed by atoms with Crippen LogP contribution in [0.2, 0.25) is 5.02 Å². The molecule has 3 aromatic rings. The first-order valence-corrected chi connectivity index (χ1v) is 10.7. The van der Waals surface area contributed by atoms with Crippen molar-refractivity contribution in [1.82, 2.24) is 9.88 Å². The maximum Gasteiger partial charge on any atom is 0.417 e. The van der Waals surface area contributed by atoms with Crippen LogP contribution in [0.15, 0.2) is 45.4 Å². The molecule has 1 N–H and O–H groups in total. The number of nitrogens with one attached hydrogen (secondary N) is 1. The minimum atomic E-state index is -4.63. The maximum atomic E-state index is 13.1. The van der Waals surface area contributed by atoms with E-state index in [9.17, 15) is 23.2 Å². The van der Waals surface area contributed by atoms with Crippen LogP contribution in [0.4, 0.5) is 24.7 Å². The summed E-state index contributed by atoms with van der Waals surface area (Å²) in [6.07, 6.45) is -3.15. The van der Waals surface area contributed by atoms with E-state index in [1.54, 1.807) is 19.1 Å². The van der Waals surface area contributed by atoms with Gasteiger partial charge in [-0.15, -0.1) is 0 Å². The summed E-state index contributed by atoms with van der Waals surface area (Å²) < 4.78 is 50.3. The Kier molecular flexibility index (Phi) is 6.54. The second-order valence-corrected chi connectivity index (χ2v) is 8.05. The van der Waals surface area contributed by atoms with E-state index in [0.717, 1.165) is 12.1 Å². The number of nitriles is 1. The standard InChI is InChI=1S/C22H19ClF3N5O3/c1-13(19(32)28-14-4-5-16(23)15(11-14)22(24,25)26)30-6-8-31(9-7-30)21-17(12-27)29-20(34-21)18-3-2-10-33-18/h2-5,10-11,13H,6-9H2,1H3,(H,28,32). The van der Waals surface area contributed by atoms with Crippen LogP contribution in [0.25, 0.3) is 11.7 Å². The van der Waals surface area contributed by atoms with Crippen molar-refractivity contribution in [2.24, 2.45) is 0 Å². The molecule has 1 amide bonds. The van der Waals surface area contributed by atoms with E-state index < -0.39 is 28.7 Å².